The Labute approximate surface area is 110 Å². The molecule has 0 amide bonds. The lowest BCUT2D eigenvalue weighted by Gasteiger charge is -2.08. The Bertz CT molecular complexity index is 751. The van der Waals surface area contributed by atoms with E-state index in [0.717, 1.165) is 16.5 Å². The molecule has 0 radical (unpaired) electrons. The topological polar surface area (TPSA) is 50.2 Å². The van der Waals surface area contributed by atoms with Gasteiger partial charge < -0.3 is 5.11 Å². The van der Waals surface area contributed by atoms with Crippen LogP contribution in [-0.2, 0) is 0 Å². The maximum absolute atomic E-state index is 11.2. The Morgan fingerprint density at radius 3 is 2.37 bits per heavy atom. The minimum absolute atomic E-state index is 0.0672. The fourth-order valence-corrected chi connectivity index (χ4v) is 2.14. The summed E-state index contributed by atoms with van der Waals surface area (Å²) in [5.41, 5.74) is 2.64. The zero-order valence-corrected chi connectivity index (χ0v) is 10.1. The average Bonchev–Trinajstić information content (AvgIpc) is 2.47. The van der Waals surface area contributed by atoms with Crippen LogP contribution in [0.4, 0.5) is 0 Å². The van der Waals surface area contributed by atoms with Gasteiger partial charge in [0.25, 0.3) is 0 Å². The highest BCUT2D eigenvalue weighted by molar-refractivity contribution is 5.99. The van der Waals surface area contributed by atoms with Gasteiger partial charge in [-0.15, -0.1) is 0 Å². The van der Waals surface area contributed by atoms with Gasteiger partial charge in [-0.1, -0.05) is 48.5 Å². The second kappa shape index (κ2) is 4.53. The average molecular weight is 249 g/mol. The highest BCUT2D eigenvalue weighted by Gasteiger charge is 2.11. The second-order valence-electron chi connectivity index (χ2n) is 4.24. The number of aromatic nitrogens is 1. The van der Waals surface area contributed by atoms with Gasteiger partial charge in [0.05, 0.1) is 5.52 Å². The Kier molecular flexibility index (Phi) is 2.72. The minimum Gasteiger partial charge on any atom is -0.477 e. The minimum atomic E-state index is -1.01. The van der Waals surface area contributed by atoms with E-state index in [0.29, 0.717) is 5.52 Å². The summed E-state index contributed by atoms with van der Waals surface area (Å²) in [6.45, 7) is 0. The van der Waals surface area contributed by atoms with E-state index in [1.807, 2.05) is 54.6 Å². The van der Waals surface area contributed by atoms with E-state index in [9.17, 15) is 4.79 Å². The smallest absolute Gasteiger partial charge is 0.354 e. The highest BCUT2D eigenvalue weighted by Crippen LogP contribution is 2.28. The summed E-state index contributed by atoms with van der Waals surface area (Å²) in [7, 11) is 0. The predicted molar refractivity (Wildman–Crippen MR) is 74.1 cm³/mol. The van der Waals surface area contributed by atoms with E-state index in [-0.39, 0.29) is 5.69 Å². The number of para-hydroxylation sites is 1. The third-order valence-corrected chi connectivity index (χ3v) is 3.02. The van der Waals surface area contributed by atoms with E-state index in [2.05, 4.69) is 4.98 Å². The van der Waals surface area contributed by atoms with E-state index in [1.54, 1.807) is 6.07 Å². The lowest BCUT2D eigenvalue weighted by Crippen LogP contribution is -2.01. The van der Waals surface area contributed by atoms with Crippen LogP contribution in [0.3, 0.4) is 0 Å². The predicted octanol–water partition coefficient (Wildman–Crippen LogP) is 3.60. The zero-order valence-electron chi connectivity index (χ0n) is 10.1. The van der Waals surface area contributed by atoms with Crippen molar-refractivity contribution in [3.63, 3.8) is 0 Å². The lowest BCUT2D eigenvalue weighted by molar-refractivity contribution is 0.0691. The van der Waals surface area contributed by atoms with Crippen molar-refractivity contribution in [3.05, 3.63) is 66.4 Å². The quantitative estimate of drug-likeness (QED) is 0.754. The number of hydrogen-bond donors (Lipinski definition) is 1. The molecule has 0 atom stereocenters. The summed E-state index contributed by atoms with van der Waals surface area (Å²) in [4.78, 5) is 15.3. The first-order valence-electron chi connectivity index (χ1n) is 5.94. The Balaban J connectivity index is 2.36. The highest BCUT2D eigenvalue weighted by atomic mass is 16.4. The van der Waals surface area contributed by atoms with Crippen molar-refractivity contribution in [2.45, 2.75) is 0 Å². The summed E-state index contributed by atoms with van der Waals surface area (Å²) in [5, 5.41) is 10.1. The molecule has 0 fully saturated rings. The van der Waals surface area contributed by atoms with Crippen LogP contribution in [0, 0.1) is 0 Å². The number of aromatic carboxylic acids is 1. The molecule has 2 aromatic carbocycles. The molecule has 0 unspecified atom stereocenters. The van der Waals surface area contributed by atoms with E-state index < -0.39 is 5.97 Å². The maximum atomic E-state index is 11.2. The van der Waals surface area contributed by atoms with Gasteiger partial charge in [-0.3, -0.25) is 0 Å². The van der Waals surface area contributed by atoms with Crippen molar-refractivity contribution in [2.24, 2.45) is 0 Å². The summed E-state index contributed by atoms with van der Waals surface area (Å²) in [5.74, 6) is -1.01. The van der Waals surface area contributed by atoms with Crippen LogP contribution < -0.4 is 0 Å². The third kappa shape index (κ3) is 2.06. The van der Waals surface area contributed by atoms with Crippen molar-refractivity contribution < 1.29 is 9.90 Å². The second-order valence-corrected chi connectivity index (χ2v) is 4.24. The van der Waals surface area contributed by atoms with Crippen molar-refractivity contribution in [1.82, 2.24) is 4.98 Å². The van der Waals surface area contributed by atoms with Crippen LogP contribution >= 0.6 is 0 Å². The first kappa shape index (κ1) is 11.4. The van der Waals surface area contributed by atoms with Gasteiger partial charge in [-0.05, 0) is 23.3 Å². The van der Waals surface area contributed by atoms with E-state index in [4.69, 9.17) is 5.11 Å². The molecule has 0 aliphatic carbocycles. The SMILES string of the molecule is O=C(O)c1cc(-c2ccccc2)c2ccccc2n1. The van der Waals surface area contributed by atoms with Crippen LogP contribution in [0.2, 0.25) is 0 Å². The van der Waals surface area contributed by atoms with Gasteiger partial charge in [-0.2, -0.15) is 0 Å². The monoisotopic (exact) mass is 249 g/mol. The zero-order chi connectivity index (χ0) is 13.2. The molecule has 0 spiro atoms. The number of carboxylic acids is 1. The molecule has 3 aromatic rings. The van der Waals surface area contributed by atoms with Crippen molar-refractivity contribution in [3.8, 4) is 11.1 Å². The number of rotatable bonds is 2. The fourth-order valence-electron chi connectivity index (χ4n) is 2.14. The van der Waals surface area contributed by atoms with Gasteiger partial charge >= 0.3 is 5.97 Å². The number of hydrogen-bond acceptors (Lipinski definition) is 2. The lowest BCUT2D eigenvalue weighted by atomic mass is 10.0. The van der Waals surface area contributed by atoms with Crippen LogP contribution in [0.1, 0.15) is 10.5 Å². The molecule has 1 N–H and O–H groups in total. The van der Waals surface area contributed by atoms with Crippen LogP contribution in [0.15, 0.2) is 60.7 Å². The molecule has 0 bridgehead atoms. The van der Waals surface area contributed by atoms with Gasteiger partial charge in [0.2, 0.25) is 0 Å². The molecule has 3 rings (SSSR count). The fraction of sp³-hybridized carbons (Fsp3) is 0. The van der Waals surface area contributed by atoms with Gasteiger partial charge in [0.15, 0.2) is 0 Å². The van der Waals surface area contributed by atoms with E-state index in [1.165, 1.54) is 0 Å². The number of nitrogens with zero attached hydrogens (tertiary/aromatic N) is 1. The molecule has 92 valence electrons. The third-order valence-electron chi connectivity index (χ3n) is 3.02. The van der Waals surface area contributed by atoms with Crippen molar-refractivity contribution in [2.75, 3.05) is 0 Å². The van der Waals surface area contributed by atoms with Crippen LogP contribution in [0.5, 0.6) is 0 Å². The maximum Gasteiger partial charge on any atom is 0.354 e. The first-order chi connectivity index (χ1) is 9.25. The van der Waals surface area contributed by atoms with Crippen molar-refractivity contribution >= 4 is 16.9 Å². The Morgan fingerprint density at radius 1 is 0.947 bits per heavy atom. The first-order valence-corrected chi connectivity index (χ1v) is 5.94. The summed E-state index contributed by atoms with van der Waals surface area (Å²) < 4.78 is 0. The molecule has 0 aliphatic heterocycles. The largest absolute Gasteiger partial charge is 0.477 e. The normalized spacial score (nSPS) is 10.5. The summed E-state index contributed by atoms with van der Waals surface area (Å²) in [6.07, 6.45) is 0. The molecule has 19 heavy (non-hydrogen) atoms. The van der Waals surface area contributed by atoms with Crippen LogP contribution in [-0.4, -0.2) is 16.1 Å². The van der Waals surface area contributed by atoms with Gasteiger partial charge in [0, 0.05) is 5.39 Å². The molecular formula is C16H11NO2. The van der Waals surface area contributed by atoms with Crippen LogP contribution in [0.25, 0.3) is 22.0 Å². The van der Waals surface area contributed by atoms with Gasteiger partial charge in [-0.25, -0.2) is 9.78 Å². The molecule has 3 nitrogen and oxygen atoms in total. The Morgan fingerprint density at radius 2 is 1.63 bits per heavy atom. The number of pyridine rings is 1. The molecule has 3 heteroatoms. The summed E-state index contributed by atoms with van der Waals surface area (Å²) in [6, 6.07) is 18.9. The number of carboxylic acid groups (broad SMARTS) is 1. The molecule has 0 saturated carbocycles. The van der Waals surface area contributed by atoms with E-state index >= 15 is 0 Å². The summed E-state index contributed by atoms with van der Waals surface area (Å²) >= 11 is 0. The van der Waals surface area contributed by atoms with Crippen molar-refractivity contribution in [1.29, 1.82) is 0 Å². The molecular weight excluding hydrogens is 238 g/mol. The molecule has 1 aromatic heterocycles. The standard InChI is InChI=1S/C16H11NO2/c18-16(19)15-10-13(11-6-2-1-3-7-11)12-8-4-5-9-14(12)17-15/h1-10H,(H,18,19). The molecule has 0 saturated heterocycles. The molecule has 1 heterocycles. The molecule has 0 aliphatic rings. The van der Waals surface area contributed by atoms with Gasteiger partial charge in [0.1, 0.15) is 5.69 Å². The number of benzene rings is 2. The number of carbonyl (C=O) groups is 1. The number of fused-ring (bicyclic) bond motifs is 1. The Hall–Kier alpha value is -2.68.